The van der Waals surface area contributed by atoms with E-state index in [0.29, 0.717) is 12.0 Å². The van der Waals surface area contributed by atoms with Crippen molar-refractivity contribution in [3.63, 3.8) is 0 Å². The van der Waals surface area contributed by atoms with Crippen molar-refractivity contribution in [3.8, 4) is 0 Å². The Labute approximate surface area is 142 Å². The molecule has 0 saturated carbocycles. The van der Waals surface area contributed by atoms with E-state index in [0.717, 1.165) is 6.54 Å². The highest BCUT2D eigenvalue weighted by molar-refractivity contribution is 5.53. The molecule has 3 N–H and O–H groups in total. The minimum absolute atomic E-state index is 0.411. The lowest BCUT2D eigenvalue weighted by molar-refractivity contribution is 0.379. The summed E-state index contributed by atoms with van der Waals surface area (Å²) in [4.78, 5) is 0. The second-order valence-electron chi connectivity index (χ2n) is 6.48. The fourth-order valence-electron chi connectivity index (χ4n) is 2.60. The molecule has 1 aliphatic rings. The number of nitrogens with two attached hydrogens (primary N) is 1. The van der Waals surface area contributed by atoms with E-state index >= 15 is 0 Å². The van der Waals surface area contributed by atoms with Crippen LogP contribution in [-0.4, -0.2) is 6.54 Å². The van der Waals surface area contributed by atoms with Gasteiger partial charge in [0.2, 0.25) is 0 Å². The SMILES string of the molecule is CC.CC1(C)CNc2ccccc2C1.Cc1ccccc1CN. The highest BCUT2D eigenvalue weighted by Gasteiger charge is 2.23. The third-order valence-electron chi connectivity index (χ3n) is 3.92. The fourth-order valence-corrected chi connectivity index (χ4v) is 2.60. The summed E-state index contributed by atoms with van der Waals surface area (Å²) in [5.74, 6) is 0. The van der Waals surface area contributed by atoms with E-state index in [1.54, 1.807) is 0 Å². The molecule has 0 aliphatic carbocycles. The maximum absolute atomic E-state index is 5.45. The average Bonchev–Trinajstić information content (AvgIpc) is 2.57. The van der Waals surface area contributed by atoms with E-state index in [1.165, 1.54) is 28.8 Å². The van der Waals surface area contributed by atoms with Crippen LogP contribution in [0.3, 0.4) is 0 Å². The van der Waals surface area contributed by atoms with Gasteiger partial charge in [0.15, 0.2) is 0 Å². The summed E-state index contributed by atoms with van der Waals surface area (Å²) >= 11 is 0. The van der Waals surface area contributed by atoms with E-state index in [4.69, 9.17) is 5.73 Å². The van der Waals surface area contributed by atoms with Gasteiger partial charge < -0.3 is 11.1 Å². The maximum atomic E-state index is 5.45. The zero-order valence-corrected chi connectivity index (χ0v) is 15.3. The van der Waals surface area contributed by atoms with E-state index in [-0.39, 0.29) is 0 Å². The highest BCUT2D eigenvalue weighted by Crippen LogP contribution is 2.31. The molecule has 0 fully saturated rings. The van der Waals surface area contributed by atoms with Gasteiger partial charge in [-0.2, -0.15) is 0 Å². The van der Waals surface area contributed by atoms with Crippen molar-refractivity contribution in [1.29, 1.82) is 0 Å². The highest BCUT2D eigenvalue weighted by atomic mass is 14.9. The number of benzene rings is 2. The Morgan fingerprint density at radius 1 is 1.00 bits per heavy atom. The van der Waals surface area contributed by atoms with Crippen LogP contribution in [0.5, 0.6) is 0 Å². The lowest BCUT2D eigenvalue weighted by Gasteiger charge is -2.32. The Morgan fingerprint density at radius 2 is 1.61 bits per heavy atom. The Morgan fingerprint density at radius 3 is 2.22 bits per heavy atom. The van der Waals surface area contributed by atoms with Gasteiger partial charge in [-0.05, 0) is 41.5 Å². The van der Waals surface area contributed by atoms with Crippen LogP contribution < -0.4 is 11.1 Å². The number of fused-ring (bicyclic) bond motifs is 1. The Hall–Kier alpha value is -1.80. The number of hydrogen-bond acceptors (Lipinski definition) is 2. The molecule has 1 aliphatic heterocycles. The monoisotopic (exact) mass is 312 g/mol. The Kier molecular flexibility index (Phi) is 7.84. The summed E-state index contributed by atoms with van der Waals surface area (Å²) in [6.45, 7) is 12.4. The first kappa shape index (κ1) is 19.2. The van der Waals surface area contributed by atoms with Crippen LogP contribution in [0.1, 0.15) is 44.4 Å². The molecular formula is C21H32N2. The largest absolute Gasteiger partial charge is 0.384 e. The van der Waals surface area contributed by atoms with Gasteiger partial charge in [0.1, 0.15) is 0 Å². The van der Waals surface area contributed by atoms with E-state index in [9.17, 15) is 0 Å². The van der Waals surface area contributed by atoms with Gasteiger partial charge in [-0.25, -0.2) is 0 Å². The van der Waals surface area contributed by atoms with Gasteiger partial charge in [-0.15, -0.1) is 0 Å². The van der Waals surface area contributed by atoms with Crippen molar-refractivity contribution in [2.45, 2.75) is 47.6 Å². The maximum Gasteiger partial charge on any atom is 0.0373 e. The summed E-state index contributed by atoms with van der Waals surface area (Å²) in [6.07, 6.45) is 1.19. The van der Waals surface area contributed by atoms with Crippen molar-refractivity contribution in [2.24, 2.45) is 11.1 Å². The van der Waals surface area contributed by atoms with Crippen LogP contribution in [0.2, 0.25) is 0 Å². The molecule has 0 saturated heterocycles. The van der Waals surface area contributed by atoms with E-state index < -0.39 is 0 Å². The van der Waals surface area contributed by atoms with Gasteiger partial charge >= 0.3 is 0 Å². The number of rotatable bonds is 1. The first-order valence-corrected chi connectivity index (χ1v) is 8.58. The molecule has 2 aromatic rings. The number of para-hydroxylation sites is 1. The van der Waals surface area contributed by atoms with Gasteiger partial charge in [-0.1, -0.05) is 70.2 Å². The lowest BCUT2D eigenvalue weighted by Crippen LogP contribution is -2.30. The van der Waals surface area contributed by atoms with Crippen LogP contribution in [0.25, 0.3) is 0 Å². The van der Waals surface area contributed by atoms with Crippen LogP contribution in [0.15, 0.2) is 48.5 Å². The molecule has 126 valence electrons. The predicted octanol–water partition coefficient (Wildman–Crippen LogP) is 5.16. The van der Waals surface area contributed by atoms with Crippen LogP contribution in [-0.2, 0) is 13.0 Å². The Bertz CT molecular complexity index is 588. The smallest absolute Gasteiger partial charge is 0.0373 e. The quantitative estimate of drug-likeness (QED) is 0.763. The summed E-state index contributed by atoms with van der Waals surface area (Å²) < 4.78 is 0. The van der Waals surface area contributed by atoms with Crippen molar-refractivity contribution in [1.82, 2.24) is 0 Å². The van der Waals surface area contributed by atoms with Crippen LogP contribution >= 0.6 is 0 Å². The van der Waals surface area contributed by atoms with Gasteiger partial charge in [0.05, 0.1) is 0 Å². The van der Waals surface area contributed by atoms with Gasteiger partial charge in [0, 0.05) is 18.8 Å². The van der Waals surface area contributed by atoms with Gasteiger partial charge in [-0.3, -0.25) is 0 Å². The standard InChI is InChI=1S/C11H15N.C8H11N.C2H6/c1-11(2)7-9-5-3-4-6-10(9)12-8-11;1-7-4-2-3-5-8(7)6-9;1-2/h3-6,12H,7-8H2,1-2H3;2-5H,6,9H2,1H3;1-2H3. The molecule has 2 nitrogen and oxygen atoms in total. The zero-order valence-electron chi connectivity index (χ0n) is 15.3. The third-order valence-corrected chi connectivity index (χ3v) is 3.92. The number of hydrogen-bond donors (Lipinski definition) is 2. The number of aryl methyl sites for hydroxylation is 1. The molecule has 0 spiro atoms. The second-order valence-corrected chi connectivity index (χ2v) is 6.48. The van der Waals surface area contributed by atoms with Crippen molar-refractivity contribution in [3.05, 3.63) is 65.2 Å². The first-order valence-electron chi connectivity index (χ1n) is 8.58. The fraction of sp³-hybridized carbons (Fsp3) is 0.429. The second kappa shape index (κ2) is 9.36. The minimum Gasteiger partial charge on any atom is -0.384 e. The van der Waals surface area contributed by atoms with Crippen LogP contribution in [0.4, 0.5) is 5.69 Å². The zero-order chi connectivity index (χ0) is 17.3. The molecule has 0 bridgehead atoms. The Balaban J connectivity index is 0.000000215. The predicted molar refractivity (Wildman–Crippen MR) is 103 cm³/mol. The summed E-state index contributed by atoms with van der Waals surface area (Å²) in [5, 5.41) is 3.45. The molecule has 0 unspecified atom stereocenters. The topological polar surface area (TPSA) is 38.0 Å². The first-order chi connectivity index (χ1) is 11.0. The molecule has 23 heavy (non-hydrogen) atoms. The molecule has 3 rings (SSSR count). The lowest BCUT2D eigenvalue weighted by atomic mass is 9.82. The summed E-state index contributed by atoms with van der Waals surface area (Å²) in [7, 11) is 0. The van der Waals surface area contributed by atoms with Crippen molar-refractivity contribution < 1.29 is 0 Å². The molecule has 0 radical (unpaired) electrons. The molecule has 2 aromatic carbocycles. The number of nitrogens with one attached hydrogen (secondary N) is 1. The molecule has 1 heterocycles. The van der Waals surface area contributed by atoms with E-state index in [2.05, 4.69) is 62.5 Å². The van der Waals surface area contributed by atoms with E-state index in [1.807, 2.05) is 26.0 Å². The molecule has 2 heteroatoms. The van der Waals surface area contributed by atoms with Crippen LogP contribution in [0, 0.1) is 12.3 Å². The molecule has 0 atom stereocenters. The average molecular weight is 313 g/mol. The number of anilines is 1. The summed E-state index contributed by atoms with van der Waals surface area (Å²) in [5.41, 5.74) is 11.1. The third kappa shape index (κ3) is 6.07. The van der Waals surface area contributed by atoms with Crippen molar-refractivity contribution >= 4 is 5.69 Å². The molecule has 0 aromatic heterocycles. The molecular weight excluding hydrogens is 280 g/mol. The molecule has 0 amide bonds. The van der Waals surface area contributed by atoms with Crippen molar-refractivity contribution in [2.75, 3.05) is 11.9 Å². The van der Waals surface area contributed by atoms with Gasteiger partial charge in [0.25, 0.3) is 0 Å². The minimum atomic E-state index is 0.411. The summed E-state index contributed by atoms with van der Waals surface area (Å²) in [6, 6.07) is 16.7. The normalized spacial score (nSPS) is 14.2.